The minimum absolute atomic E-state index is 0.0291. The third kappa shape index (κ3) is 12.2. The van der Waals surface area contributed by atoms with Crippen LogP contribution in [0.5, 0.6) is 0 Å². The number of amides is 7. The number of hydrogen-bond donors (Lipinski definition) is 4. The molecule has 18 heteroatoms. The number of fused-ring (bicyclic) bond motifs is 2. The molecule has 0 saturated carbocycles. The van der Waals surface area contributed by atoms with Gasteiger partial charge in [-0.1, -0.05) is 68.9 Å². The lowest BCUT2D eigenvalue weighted by Gasteiger charge is -2.35. The summed E-state index contributed by atoms with van der Waals surface area (Å²) in [6.45, 7) is 2.74. The predicted octanol–water partition coefficient (Wildman–Crippen LogP) is 4.48. The molecule has 0 radical (unpaired) electrons. The zero-order chi connectivity index (χ0) is 47.3. The molecule has 17 nitrogen and oxygen atoms in total. The second-order valence-electron chi connectivity index (χ2n) is 17.1. The van der Waals surface area contributed by atoms with E-state index in [0.717, 1.165) is 56.3 Å². The highest BCUT2D eigenvalue weighted by atomic mass is 19.1. The first-order valence-corrected chi connectivity index (χ1v) is 23.2. The molecule has 3 aliphatic rings. The highest BCUT2D eigenvalue weighted by Gasteiger charge is 2.45. The van der Waals surface area contributed by atoms with Crippen LogP contribution in [0, 0.1) is 5.82 Å². The molecule has 1 unspecified atom stereocenters. The van der Waals surface area contributed by atoms with Gasteiger partial charge in [0, 0.05) is 76.0 Å². The third-order valence-electron chi connectivity index (χ3n) is 12.5. The van der Waals surface area contributed by atoms with Gasteiger partial charge >= 0.3 is 0 Å². The summed E-state index contributed by atoms with van der Waals surface area (Å²) in [5.74, 6) is -3.24. The maximum atomic E-state index is 14.9. The zero-order valence-electron chi connectivity index (χ0n) is 37.5. The molecule has 1 aromatic heterocycles. The van der Waals surface area contributed by atoms with Gasteiger partial charge in [0.2, 0.25) is 23.6 Å². The lowest BCUT2D eigenvalue weighted by atomic mass is 10.0. The minimum atomic E-state index is -1.04. The quantitative estimate of drug-likeness (QED) is 0.0636. The number of carbonyl (C=O) groups is 7. The summed E-state index contributed by atoms with van der Waals surface area (Å²) in [4.78, 5) is 105. The summed E-state index contributed by atoms with van der Waals surface area (Å²) < 4.78 is 20.6. The van der Waals surface area contributed by atoms with Crippen molar-refractivity contribution in [3.05, 3.63) is 105 Å². The molecule has 7 amide bonds. The van der Waals surface area contributed by atoms with Crippen molar-refractivity contribution in [3.63, 3.8) is 0 Å². The second-order valence-corrected chi connectivity index (χ2v) is 17.1. The van der Waals surface area contributed by atoms with E-state index >= 15 is 0 Å². The fourth-order valence-electron chi connectivity index (χ4n) is 8.83. The van der Waals surface area contributed by atoms with Crippen molar-refractivity contribution in [3.8, 4) is 0 Å². The SMILES string of the molecule is O=C(CCCCCCCCCCC(=O)N1CCN(C(=O)c2cc(Cc3n[nH]c(=O)c4ccccc34)ccc2F)CC1)NCCOCCNc1cccc2c1C(=O)N(C1CCC(=O)NC1=O)C2=O. The molecular weight excluding hydrogens is 864 g/mol. The Hall–Kier alpha value is -6.82. The van der Waals surface area contributed by atoms with Crippen molar-refractivity contribution in [1.82, 2.24) is 35.5 Å². The Labute approximate surface area is 387 Å². The van der Waals surface area contributed by atoms with Crippen molar-refractivity contribution in [2.75, 3.05) is 57.8 Å². The fraction of sp³-hybridized carbons (Fsp3) is 0.449. The molecule has 7 rings (SSSR count). The number of aromatic nitrogens is 2. The van der Waals surface area contributed by atoms with Gasteiger partial charge in [-0.2, -0.15) is 5.10 Å². The van der Waals surface area contributed by atoms with Crippen LogP contribution < -0.4 is 21.5 Å². The summed E-state index contributed by atoms with van der Waals surface area (Å²) in [6, 6.07) is 15.4. The summed E-state index contributed by atoms with van der Waals surface area (Å²) in [5.41, 5.74) is 1.82. The first-order valence-electron chi connectivity index (χ1n) is 23.2. The van der Waals surface area contributed by atoms with Gasteiger partial charge in [0.15, 0.2) is 0 Å². The average molecular weight is 921 g/mol. The Morgan fingerprint density at radius 3 is 2.19 bits per heavy atom. The Morgan fingerprint density at radius 1 is 0.761 bits per heavy atom. The highest BCUT2D eigenvalue weighted by Crippen LogP contribution is 2.32. The maximum Gasteiger partial charge on any atom is 0.272 e. The highest BCUT2D eigenvalue weighted by molar-refractivity contribution is 6.25. The van der Waals surface area contributed by atoms with Crippen molar-refractivity contribution >= 4 is 57.8 Å². The number of imide groups is 2. The number of ether oxygens (including phenoxy) is 1. The number of anilines is 1. The Kier molecular flexibility index (Phi) is 16.6. The van der Waals surface area contributed by atoms with Crippen LogP contribution in [0.2, 0.25) is 0 Å². The number of hydrogen-bond acceptors (Lipinski definition) is 11. The molecule has 0 bridgehead atoms. The zero-order valence-corrected chi connectivity index (χ0v) is 37.5. The third-order valence-corrected chi connectivity index (χ3v) is 12.5. The first-order chi connectivity index (χ1) is 32.5. The standard InChI is InChI=1S/C49H57FN8O9/c50-37-19-18-32(31-39-33-12-9-10-13-34(33)45(62)55-54-39)30-36(37)47(64)57-26-24-56(25-27-57)43(61)17-8-6-4-2-1-3-5-7-16-41(59)52-23-29-67-28-22-51-38-15-11-14-35-44(38)49(66)58(48(35)65)40-20-21-42(60)53-46(40)63/h9-15,18-19,30,40,51H,1-8,16-17,20-29,31H2,(H,52,59)(H,55,62)(H,53,60,63). The number of halogens is 1. The first kappa shape index (κ1) is 48.1. The number of piperazine rings is 1. The number of nitrogens with one attached hydrogen (secondary N) is 4. The van der Waals surface area contributed by atoms with E-state index in [0.29, 0.717) is 92.9 Å². The van der Waals surface area contributed by atoms with Crippen LogP contribution >= 0.6 is 0 Å². The average Bonchev–Trinajstić information content (AvgIpc) is 3.59. The van der Waals surface area contributed by atoms with Gasteiger partial charge in [-0.05, 0) is 55.2 Å². The smallest absolute Gasteiger partial charge is 0.272 e. The lowest BCUT2D eigenvalue weighted by molar-refractivity contribution is -0.136. The van der Waals surface area contributed by atoms with Crippen LogP contribution in [0.4, 0.5) is 10.1 Å². The molecule has 2 saturated heterocycles. The lowest BCUT2D eigenvalue weighted by Crippen LogP contribution is -2.54. The summed E-state index contributed by atoms with van der Waals surface area (Å²) in [5, 5.41) is 16.1. The van der Waals surface area contributed by atoms with Crippen molar-refractivity contribution < 1.29 is 42.7 Å². The summed E-state index contributed by atoms with van der Waals surface area (Å²) >= 11 is 0. The number of nitrogens with zero attached hydrogens (tertiary/aromatic N) is 4. The Morgan fingerprint density at radius 2 is 1.45 bits per heavy atom. The number of aromatic amines is 1. The van der Waals surface area contributed by atoms with E-state index in [1.165, 1.54) is 12.1 Å². The van der Waals surface area contributed by atoms with Gasteiger partial charge in [-0.15, -0.1) is 0 Å². The van der Waals surface area contributed by atoms with Gasteiger partial charge in [-0.25, -0.2) is 9.49 Å². The van der Waals surface area contributed by atoms with Crippen LogP contribution in [0.1, 0.15) is 119 Å². The predicted molar refractivity (Wildman–Crippen MR) is 246 cm³/mol. The second kappa shape index (κ2) is 23.1. The molecule has 67 heavy (non-hydrogen) atoms. The molecule has 0 spiro atoms. The molecule has 4 N–H and O–H groups in total. The molecule has 1 atom stereocenters. The number of rotatable bonds is 22. The molecule has 3 aromatic carbocycles. The van der Waals surface area contributed by atoms with E-state index in [1.54, 1.807) is 46.2 Å². The van der Waals surface area contributed by atoms with E-state index in [-0.39, 0.29) is 53.5 Å². The number of carbonyl (C=O) groups excluding carboxylic acids is 7. The van der Waals surface area contributed by atoms with E-state index in [4.69, 9.17) is 4.74 Å². The molecule has 4 heterocycles. The number of benzene rings is 3. The number of piperidine rings is 1. The molecule has 4 aromatic rings. The monoisotopic (exact) mass is 920 g/mol. The van der Waals surface area contributed by atoms with Crippen LogP contribution in [0.15, 0.2) is 65.5 Å². The number of unbranched alkanes of at least 4 members (excludes halogenated alkanes) is 7. The number of H-pyrrole nitrogens is 1. The Balaban J connectivity index is 0.684. The largest absolute Gasteiger partial charge is 0.382 e. The molecular formula is C49H57FN8O9. The maximum absolute atomic E-state index is 14.9. The summed E-state index contributed by atoms with van der Waals surface area (Å²) in [7, 11) is 0. The van der Waals surface area contributed by atoms with Crippen molar-refractivity contribution in [2.24, 2.45) is 0 Å². The van der Waals surface area contributed by atoms with Gasteiger partial charge in [0.05, 0.1) is 41.0 Å². The van der Waals surface area contributed by atoms with Gasteiger partial charge < -0.3 is 25.2 Å². The molecule has 3 aliphatic heterocycles. The van der Waals surface area contributed by atoms with Crippen molar-refractivity contribution in [2.45, 2.75) is 89.5 Å². The topological polar surface area (TPSA) is 220 Å². The molecule has 354 valence electrons. The van der Waals surface area contributed by atoms with E-state index in [1.807, 2.05) is 12.1 Å². The van der Waals surface area contributed by atoms with Crippen LogP contribution in [0.25, 0.3) is 10.8 Å². The van der Waals surface area contributed by atoms with Gasteiger partial charge in [0.1, 0.15) is 11.9 Å². The molecule has 0 aliphatic carbocycles. The van der Waals surface area contributed by atoms with Crippen molar-refractivity contribution in [1.29, 1.82) is 0 Å². The van der Waals surface area contributed by atoms with Gasteiger partial charge in [0.25, 0.3) is 23.3 Å². The van der Waals surface area contributed by atoms with E-state index in [2.05, 4.69) is 26.1 Å². The molecule has 2 fully saturated rings. The van der Waals surface area contributed by atoms with E-state index < -0.39 is 41.4 Å². The van der Waals surface area contributed by atoms with Crippen LogP contribution in [-0.4, -0.2) is 125 Å². The normalized spacial score (nSPS) is 16.1. The van der Waals surface area contributed by atoms with E-state index in [9.17, 15) is 42.7 Å². The Bertz CT molecular complexity index is 2560. The van der Waals surface area contributed by atoms with Crippen LogP contribution in [-0.2, 0) is 30.3 Å². The van der Waals surface area contributed by atoms with Gasteiger partial charge in [-0.3, -0.25) is 48.6 Å². The minimum Gasteiger partial charge on any atom is -0.382 e. The fourth-order valence-corrected chi connectivity index (χ4v) is 8.83. The summed E-state index contributed by atoms with van der Waals surface area (Å²) in [6.07, 6.45) is 8.99. The van der Waals surface area contributed by atoms with Crippen LogP contribution in [0.3, 0.4) is 0 Å².